The predicted octanol–water partition coefficient (Wildman–Crippen LogP) is 4.89. The third-order valence-electron chi connectivity index (χ3n) is 4.67. The van der Waals surface area contributed by atoms with Crippen molar-refractivity contribution in [3.63, 3.8) is 0 Å². The van der Waals surface area contributed by atoms with Gasteiger partial charge in [-0.15, -0.1) is 0 Å². The molecule has 3 aromatic rings. The van der Waals surface area contributed by atoms with E-state index < -0.39 is 39.9 Å². The number of nitrogens with zero attached hydrogens (tertiary/aromatic N) is 3. The maximum Gasteiger partial charge on any atom is 0.418 e. The Labute approximate surface area is 195 Å². The van der Waals surface area contributed by atoms with Crippen LogP contribution in [-0.4, -0.2) is 38.7 Å². The van der Waals surface area contributed by atoms with Crippen LogP contribution in [0.1, 0.15) is 29.8 Å². The van der Waals surface area contributed by atoms with Crippen molar-refractivity contribution in [1.29, 1.82) is 0 Å². The number of esters is 1. The standard InChI is InChI=1S/C21H19F3N4O5S/c1-3-27-17-8-5-12(19(30)33-4-2)9-16(17)26-20(27)34-11-18(29)25-15-7-6-13(28(31)32)10-14(15)21(22,23)24/h5-10H,3-4,11H2,1-2H3,(H,25,29). The number of hydrogen-bond acceptors (Lipinski definition) is 7. The van der Waals surface area contributed by atoms with Gasteiger partial charge in [-0.25, -0.2) is 9.78 Å². The number of benzene rings is 2. The largest absolute Gasteiger partial charge is 0.462 e. The quantitative estimate of drug-likeness (QED) is 0.204. The van der Waals surface area contributed by atoms with Gasteiger partial charge in [-0.2, -0.15) is 13.2 Å². The van der Waals surface area contributed by atoms with Gasteiger partial charge in [-0.3, -0.25) is 14.9 Å². The minimum atomic E-state index is -4.89. The number of nitro benzene ring substituents is 1. The first kappa shape index (κ1) is 25.0. The van der Waals surface area contributed by atoms with Gasteiger partial charge in [0.15, 0.2) is 5.16 Å². The van der Waals surface area contributed by atoms with E-state index in [1.807, 2.05) is 6.92 Å². The maximum absolute atomic E-state index is 13.3. The van der Waals surface area contributed by atoms with E-state index in [-0.39, 0.29) is 12.4 Å². The third kappa shape index (κ3) is 5.47. The van der Waals surface area contributed by atoms with Crippen LogP contribution in [0.2, 0.25) is 0 Å². The van der Waals surface area contributed by atoms with Gasteiger partial charge in [0, 0.05) is 18.7 Å². The summed E-state index contributed by atoms with van der Waals surface area (Å²) in [5, 5.41) is 13.4. The lowest BCUT2D eigenvalue weighted by atomic mass is 10.1. The number of ether oxygens (including phenoxy) is 1. The first-order valence-electron chi connectivity index (χ1n) is 10.0. The van der Waals surface area contributed by atoms with Gasteiger partial charge in [0.2, 0.25) is 5.91 Å². The Balaban J connectivity index is 1.79. The number of amides is 1. The number of alkyl halides is 3. The van der Waals surface area contributed by atoms with Crippen molar-refractivity contribution in [3.05, 3.63) is 57.6 Å². The average molecular weight is 496 g/mol. The number of thioether (sulfide) groups is 1. The smallest absolute Gasteiger partial charge is 0.418 e. The molecule has 0 saturated carbocycles. The highest BCUT2D eigenvalue weighted by Crippen LogP contribution is 2.37. The molecule has 1 amide bonds. The van der Waals surface area contributed by atoms with Crippen LogP contribution >= 0.6 is 11.8 Å². The fourth-order valence-electron chi connectivity index (χ4n) is 3.17. The number of carbonyl (C=O) groups excluding carboxylic acids is 2. The third-order valence-corrected chi connectivity index (χ3v) is 5.64. The number of aromatic nitrogens is 2. The molecule has 0 saturated heterocycles. The first-order valence-corrected chi connectivity index (χ1v) is 11.0. The van der Waals surface area contributed by atoms with Gasteiger partial charge in [0.1, 0.15) is 0 Å². The number of hydrogen-bond donors (Lipinski definition) is 1. The van der Waals surface area contributed by atoms with Crippen LogP contribution in [0, 0.1) is 10.1 Å². The summed E-state index contributed by atoms with van der Waals surface area (Å²) in [6.07, 6.45) is -4.89. The highest BCUT2D eigenvalue weighted by molar-refractivity contribution is 7.99. The molecular weight excluding hydrogens is 477 g/mol. The molecule has 0 radical (unpaired) electrons. The number of imidazole rings is 1. The van der Waals surface area contributed by atoms with Crippen molar-refractivity contribution in [1.82, 2.24) is 9.55 Å². The number of rotatable bonds is 8. The molecule has 0 atom stereocenters. The van der Waals surface area contributed by atoms with E-state index in [1.165, 1.54) is 0 Å². The van der Waals surface area contributed by atoms with Crippen LogP contribution in [0.3, 0.4) is 0 Å². The zero-order valence-corrected chi connectivity index (χ0v) is 18.8. The summed E-state index contributed by atoms with van der Waals surface area (Å²) < 4.78 is 46.7. The molecule has 1 heterocycles. The molecule has 13 heteroatoms. The van der Waals surface area contributed by atoms with E-state index in [0.717, 1.165) is 23.9 Å². The fraction of sp³-hybridized carbons (Fsp3) is 0.286. The molecule has 0 unspecified atom stereocenters. The van der Waals surface area contributed by atoms with Crippen LogP contribution in [0.4, 0.5) is 24.5 Å². The number of aryl methyl sites for hydroxylation is 1. The number of carbonyl (C=O) groups is 2. The molecule has 180 valence electrons. The van der Waals surface area contributed by atoms with Crippen LogP contribution in [0.25, 0.3) is 11.0 Å². The van der Waals surface area contributed by atoms with Gasteiger partial charge in [-0.1, -0.05) is 11.8 Å². The Bertz CT molecular complexity index is 1260. The molecule has 0 aliphatic rings. The lowest BCUT2D eigenvalue weighted by Crippen LogP contribution is -2.18. The average Bonchev–Trinajstić information content (AvgIpc) is 3.13. The van der Waals surface area contributed by atoms with Gasteiger partial charge in [0.05, 0.1) is 45.1 Å². The Morgan fingerprint density at radius 3 is 2.56 bits per heavy atom. The molecule has 2 aromatic carbocycles. The van der Waals surface area contributed by atoms with E-state index in [4.69, 9.17) is 4.74 Å². The van der Waals surface area contributed by atoms with Crippen LogP contribution < -0.4 is 5.32 Å². The summed E-state index contributed by atoms with van der Waals surface area (Å²) in [5.74, 6) is -1.50. The van der Waals surface area contributed by atoms with Crippen molar-refractivity contribution in [2.75, 3.05) is 17.7 Å². The lowest BCUT2D eigenvalue weighted by Gasteiger charge is -2.13. The molecule has 0 spiro atoms. The van der Waals surface area contributed by atoms with Crippen molar-refractivity contribution >= 4 is 46.0 Å². The molecule has 1 N–H and O–H groups in total. The van der Waals surface area contributed by atoms with Gasteiger partial charge in [-0.05, 0) is 38.1 Å². The molecule has 34 heavy (non-hydrogen) atoms. The normalized spacial score (nSPS) is 11.4. The second kappa shape index (κ2) is 10.1. The van der Waals surface area contributed by atoms with Gasteiger partial charge in [0.25, 0.3) is 5.69 Å². The van der Waals surface area contributed by atoms with E-state index in [9.17, 15) is 32.9 Å². The predicted molar refractivity (Wildman–Crippen MR) is 119 cm³/mol. The van der Waals surface area contributed by atoms with Crippen LogP contribution in [0.5, 0.6) is 0 Å². The van der Waals surface area contributed by atoms with Gasteiger partial charge < -0.3 is 14.6 Å². The number of fused-ring (bicyclic) bond motifs is 1. The highest BCUT2D eigenvalue weighted by atomic mass is 32.2. The number of non-ortho nitro benzene ring substituents is 1. The van der Waals surface area contributed by atoms with E-state index in [2.05, 4.69) is 10.3 Å². The number of halogens is 3. The van der Waals surface area contributed by atoms with E-state index >= 15 is 0 Å². The molecule has 0 aliphatic carbocycles. The highest BCUT2D eigenvalue weighted by Gasteiger charge is 2.35. The number of anilines is 1. The van der Waals surface area contributed by atoms with Crippen molar-refractivity contribution in [2.45, 2.75) is 31.7 Å². The number of nitrogens with one attached hydrogen (secondary N) is 1. The molecule has 0 bridgehead atoms. The Hall–Kier alpha value is -3.61. The van der Waals surface area contributed by atoms with E-state index in [1.54, 1.807) is 29.7 Å². The monoisotopic (exact) mass is 496 g/mol. The summed E-state index contributed by atoms with van der Waals surface area (Å²) in [7, 11) is 0. The first-order chi connectivity index (χ1) is 16.0. The topological polar surface area (TPSA) is 116 Å². The molecule has 0 fully saturated rings. The Kier molecular flexibility index (Phi) is 7.44. The van der Waals surface area contributed by atoms with Crippen LogP contribution in [-0.2, 0) is 22.3 Å². The maximum atomic E-state index is 13.3. The zero-order valence-electron chi connectivity index (χ0n) is 18.0. The summed E-state index contributed by atoms with van der Waals surface area (Å²) in [6, 6.07) is 6.98. The lowest BCUT2D eigenvalue weighted by molar-refractivity contribution is -0.385. The van der Waals surface area contributed by atoms with Crippen molar-refractivity contribution in [2.24, 2.45) is 0 Å². The Morgan fingerprint density at radius 2 is 1.94 bits per heavy atom. The molecular formula is C21H19F3N4O5S. The van der Waals surface area contributed by atoms with E-state index in [0.29, 0.717) is 34.4 Å². The number of nitro groups is 1. The minimum Gasteiger partial charge on any atom is -0.462 e. The SMILES string of the molecule is CCOC(=O)c1ccc2c(c1)nc(SCC(=O)Nc1ccc([N+](=O)[O-])cc1C(F)(F)F)n2CC. The minimum absolute atomic E-state index is 0.224. The fourth-order valence-corrected chi connectivity index (χ4v) is 4.05. The second-order valence-electron chi connectivity index (χ2n) is 6.88. The summed E-state index contributed by atoms with van der Waals surface area (Å²) in [5.41, 5.74) is -1.09. The Morgan fingerprint density at radius 1 is 1.21 bits per heavy atom. The van der Waals surface area contributed by atoms with Crippen molar-refractivity contribution in [3.8, 4) is 0 Å². The van der Waals surface area contributed by atoms with Crippen molar-refractivity contribution < 1.29 is 32.4 Å². The zero-order chi connectivity index (χ0) is 25.0. The summed E-state index contributed by atoms with van der Waals surface area (Å²) in [6.45, 7) is 4.27. The summed E-state index contributed by atoms with van der Waals surface area (Å²) >= 11 is 1.00. The molecule has 1 aromatic heterocycles. The summed E-state index contributed by atoms with van der Waals surface area (Å²) in [4.78, 5) is 38.6. The van der Waals surface area contributed by atoms with Crippen LogP contribution in [0.15, 0.2) is 41.6 Å². The molecule has 9 nitrogen and oxygen atoms in total. The molecule has 0 aliphatic heterocycles. The van der Waals surface area contributed by atoms with Gasteiger partial charge >= 0.3 is 12.1 Å². The second-order valence-corrected chi connectivity index (χ2v) is 7.83. The molecule has 3 rings (SSSR count).